The summed E-state index contributed by atoms with van der Waals surface area (Å²) in [5.74, 6) is 0. The second-order valence-electron chi connectivity index (χ2n) is 5.34. The lowest BCUT2D eigenvalue weighted by Gasteiger charge is -2.20. The highest BCUT2D eigenvalue weighted by Gasteiger charge is 2.10. The van der Waals surface area contributed by atoms with Gasteiger partial charge in [0.25, 0.3) is 0 Å². The van der Waals surface area contributed by atoms with Crippen LogP contribution in [0.4, 0.5) is 0 Å². The van der Waals surface area contributed by atoms with Crippen LogP contribution in [-0.4, -0.2) is 24.3 Å². The normalized spacial score (nSPS) is 14.4. The van der Waals surface area contributed by atoms with Crippen LogP contribution in [0.5, 0.6) is 0 Å². The van der Waals surface area contributed by atoms with E-state index in [1.807, 2.05) is 0 Å². The zero-order chi connectivity index (χ0) is 11.0. The highest BCUT2D eigenvalue weighted by Crippen LogP contribution is 2.10. The van der Waals surface area contributed by atoms with Gasteiger partial charge in [-0.1, -0.05) is 47.0 Å². The van der Waals surface area contributed by atoms with Gasteiger partial charge in [-0.25, -0.2) is 0 Å². The van der Waals surface area contributed by atoms with E-state index in [0.29, 0.717) is 5.41 Å². The predicted molar refractivity (Wildman–Crippen MR) is 62.5 cm³/mol. The molecule has 2 heteroatoms. The van der Waals surface area contributed by atoms with Crippen molar-refractivity contribution in [3.8, 4) is 0 Å². The molecule has 0 rings (SSSR count). The molecule has 0 aromatic heterocycles. The summed E-state index contributed by atoms with van der Waals surface area (Å²) in [7, 11) is 0. The number of aliphatic hydroxyl groups excluding tert-OH is 1. The van der Waals surface area contributed by atoms with Gasteiger partial charge >= 0.3 is 0 Å². The van der Waals surface area contributed by atoms with Gasteiger partial charge in [0, 0.05) is 13.1 Å². The van der Waals surface area contributed by atoms with E-state index in [4.69, 9.17) is 0 Å². The van der Waals surface area contributed by atoms with Gasteiger partial charge in [0.05, 0.1) is 6.10 Å². The molecule has 0 unspecified atom stereocenters. The van der Waals surface area contributed by atoms with Gasteiger partial charge in [-0.2, -0.15) is 0 Å². The molecular weight excluding hydrogens is 174 g/mol. The smallest absolute Gasteiger partial charge is 0.0664 e. The Kier molecular flexibility index (Phi) is 7.20. The molecule has 0 saturated heterocycles. The quantitative estimate of drug-likeness (QED) is 0.620. The van der Waals surface area contributed by atoms with Crippen LogP contribution in [0.2, 0.25) is 0 Å². The molecule has 1 atom stereocenters. The minimum absolute atomic E-state index is 0.163. The molecule has 0 fully saturated rings. The van der Waals surface area contributed by atoms with E-state index in [0.717, 1.165) is 25.9 Å². The molecule has 0 aliphatic carbocycles. The van der Waals surface area contributed by atoms with E-state index in [1.54, 1.807) is 0 Å². The van der Waals surface area contributed by atoms with Crippen LogP contribution in [0.3, 0.4) is 0 Å². The Hall–Kier alpha value is -0.0800. The summed E-state index contributed by atoms with van der Waals surface area (Å²) in [6.07, 6.45) is 4.38. The van der Waals surface area contributed by atoms with Gasteiger partial charge in [0.15, 0.2) is 0 Å². The lowest BCUT2D eigenvalue weighted by atomic mass is 9.97. The maximum atomic E-state index is 9.61. The van der Waals surface area contributed by atoms with Crippen LogP contribution < -0.4 is 5.32 Å². The molecule has 0 spiro atoms. The Balaban J connectivity index is 3.31. The van der Waals surface area contributed by atoms with E-state index in [-0.39, 0.29) is 6.10 Å². The summed E-state index contributed by atoms with van der Waals surface area (Å²) in [6.45, 7) is 10.5. The molecule has 0 aliphatic heterocycles. The van der Waals surface area contributed by atoms with E-state index < -0.39 is 0 Å². The predicted octanol–water partition coefficient (Wildman–Crippen LogP) is 2.56. The molecule has 0 saturated carbocycles. The van der Waals surface area contributed by atoms with Crippen LogP contribution in [0, 0.1) is 5.41 Å². The first-order valence-electron chi connectivity index (χ1n) is 5.84. The Morgan fingerprint density at radius 2 is 1.86 bits per heavy atom. The van der Waals surface area contributed by atoms with Crippen molar-refractivity contribution >= 4 is 0 Å². The van der Waals surface area contributed by atoms with Crippen molar-refractivity contribution in [1.82, 2.24) is 5.32 Å². The maximum absolute atomic E-state index is 9.61. The first kappa shape index (κ1) is 13.9. The summed E-state index contributed by atoms with van der Waals surface area (Å²) < 4.78 is 0. The molecule has 14 heavy (non-hydrogen) atoms. The third-order valence-corrected chi connectivity index (χ3v) is 2.18. The molecule has 2 nitrogen and oxygen atoms in total. The summed E-state index contributed by atoms with van der Waals surface area (Å²) in [5.41, 5.74) is 0.309. The van der Waals surface area contributed by atoms with E-state index in [2.05, 4.69) is 33.0 Å². The molecule has 0 radical (unpaired) electrons. The van der Waals surface area contributed by atoms with E-state index >= 15 is 0 Å². The monoisotopic (exact) mass is 201 g/mol. The van der Waals surface area contributed by atoms with Crippen molar-refractivity contribution in [2.75, 3.05) is 13.1 Å². The van der Waals surface area contributed by atoms with Crippen LogP contribution in [0.25, 0.3) is 0 Å². The Bertz CT molecular complexity index is 129. The van der Waals surface area contributed by atoms with Gasteiger partial charge in [0.2, 0.25) is 0 Å². The van der Waals surface area contributed by atoms with Crippen molar-refractivity contribution in [3.05, 3.63) is 0 Å². The molecule has 0 aromatic carbocycles. The van der Waals surface area contributed by atoms with Crippen molar-refractivity contribution in [3.63, 3.8) is 0 Å². The highest BCUT2D eigenvalue weighted by atomic mass is 16.3. The van der Waals surface area contributed by atoms with Crippen molar-refractivity contribution in [2.45, 2.75) is 59.5 Å². The van der Waals surface area contributed by atoms with Crippen LogP contribution in [0.15, 0.2) is 0 Å². The van der Waals surface area contributed by atoms with Gasteiger partial charge in [-0.05, 0) is 11.8 Å². The van der Waals surface area contributed by atoms with Crippen LogP contribution in [-0.2, 0) is 0 Å². The standard InChI is InChI=1S/C12H27NO/c1-5-6-7-8-11(14)9-13-10-12(2,3)4/h11,13-14H,5-10H2,1-4H3/t11-/m1/s1. The van der Waals surface area contributed by atoms with Gasteiger partial charge in [-0.3, -0.25) is 0 Å². The number of nitrogens with one attached hydrogen (secondary N) is 1. The number of hydrogen-bond acceptors (Lipinski definition) is 2. The highest BCUT2D eigenvalue weighted by molar-refractivity contribution is 4.67. The number of hydrogen-bond donors (Lipinski definition) is 2. The molecule has 0 heterocycles. The molecule has 0 amide bonds. The molecular formula is C12H27NO. The number of rotatable bonds is 7. The van der Waals surface area contributed by atoms with Crippen molar-refractivity contribution in [2.24, 2.45) is 5.41 Å². The van der Waals surface area contributed by atoms with Crippen molar-refractivity contribution in [1.29, 1.82) is 0 Å². The second kappa shape index (κ2) is 7.24. The minimum atomic E-state index is -0.163. The van der Waals surface area contributed by atoms with Crippen LogP contribution >= 0.6 is 0 Å². The van der Waals surface area contributed by atoms with Gasteiger partial charge in [0.1, 0.15) is 0 Å². The SMILES string of the molecule is CCCCC[C@@H](O)CNCC(C)(C)C. The van der Waals surface area contributed by atoms with Gasteiger partial charge < -0.3 is 10.4 Å². The van der Waals surface area contributed by atoms with Gasteiger partial charge in [-0.15, -0.1) is 0 Å². The average Bonchev–Trinajstić information content (AvgIpc) is 2.02. The first-order chi connectivity index (χ1) is 6.45. The lowest BCUT2D eigenvalue weighted by molar-refractivity contribution is 0.154. The topological polar surface area (TPSA) is 32.3 Å². The maximum Gasteiger partial charge on any atom is 0.0664 e. The second-order valence-corrected chi connectivity index (χ2v) is 5.34. The Morgan fingerprint density at radius 3 is 2.36 bits per heavy atom. The third-order valence-electron chi connectivity index (χ3n) is 2.18. The molecule has 0 bridgehead atoms. The summed E-state index contributed by atoms with van der Waals surface area (Å²) >= 11 is 0. The fraction of sp³-hybridized carbons (Fsp3) is 1.00. The fourth-order valence-corrected chi connectivity index (χ4v) is 1.35. The van der Waals surface area contributed by atoms with Crippen LogP contribution in [0.1, 0.15) is 53.4 Å². The van der Waals surface area contributed by atoms with Crippen molar-refractivity contribution < 1.29 is 5.11 Å². The zero-order valence-electron chi connectivity index (χ0n) is 10.3. The molecule has 2 N–H and O–H groups in total. The Morgan fingerprint density at radius 1 is 1.21 bits per heavy atom. The third kappa shape index (κ3) is 10.0. The first-order valence-corrected chi connectivity index (χ1v) is 5.84. The molecule has 86 valence electrons. The summed E-state index contributed by atoms with van der Waals surface area (Å²) in [4.78, 5) is 0. The van der Waals surface area contributed by atoms with E-state index in [9.17, 15) is 5.11 Å². The average molecular weight is 201 g/mol. The fourth-order valence-electron chi connectivity index (χ4n) is 1.35. The van der Waals surface area contributed by atoms with E-state index in [1.165, 1.54) is 12.8 Å². The number of aliphatic hydroxyl groups is 1. The summed E-state index contributed by atoms with van der Waals surface area (Å²) in [6, 6.07) is 0. The zero-order valence-corrected chi connectivity index (χ0v) is 10.3. The largest absolute Gasteiger partial charge is 0.392 e. The molecule has 0 aromatic rings. The lowest BCUT2D eigenvalue weighted by Crippen LogP contribution is -2.33. The number of unbranched alkanes of at least 4 members (excludes halogenated alkanes) is 2. The molecule has 0 aliphatic rings. The summed E-state index contributed by atoms with van der Waals surface area (Å²) in [5, 5.41) is 12.9. The minimum Gasteiger partial charge on any atom is -0.392 e. The Labute approximate surface area is 89.1 Å².